The third-order valence-corrected chi connectivity index (χ3v) is 7.87. The fourth-order valence-corrected chi connectivity index (χ4v) is 6.26. The normalized spacial score (nSPS) is 12.6. The van der Waals surface area contributed by atoms with Crippen LogP contribution in [0.15, 0.2) is 59.6 Å². The predicted octanol–water partition coefficient (Wildman–Crippen LogP) is 5.05. The summed E-state index contributed by atoms with van der Waals surface area (Å²) in [4.78, 5) is 0.355. The molecule has 4 rings (SSSR count). The number of sulfonamides is 1. The van der Waals surface area contributed by atoms with Gasteiger partial charge in [-0.3, -0.25) is 0 Å². The summed E-state index contributed by atoms with van der Waals surface area (Å²) in [7, 11) is -2.00. The van der Waals surface area contributed by atoms with Gasteiger partial charge in [-0.05, 0) is 87.7 Å². The highest BCUT2D eigenvalue weighted by Crippen LogP contribution is 2.28. The standard InChI is InChI=1S/C27H32N4O3S/c1-17-11-19(3)27(20(4)12-17)35(32,33)30-21(5)15-28-25-13-18(2)14-26-24(25)16-29-31(26)22-7-9-23(34-6)10-8-22/h7-14,16,21,28,30H,15H2,1-6H3/t21-/m0/s1. The fourth-order valence-electron chi connectivity index (χ4n) is 4.56. The Bertz CT molecular complexity index is 1450. The molecular weight excluding hydrogens is 460 g/mol. The molecule has 0 saturated heterocycles. The zero-order valence-corrected chi connectivity index (χ0v) is 21.8. The van der Waals surface area contributed by atoms with Gasteiger partial charge in [-0.1, -0.05) is 17.7 Å². The number of hydrogen-bond donors (Lipinski definition) is 2. The van der Waals surface area contributed by atoms with E-state index in [1.807, 2.05) is 81.9 Å². The topological polar surface area (TPSA) is 85.2 Å². The zero-order valence-electron chi connectivity index (χ0n) is 21.0. The largest absolute Gasteiger partial charge is 0.497 e. The molecule has 1 aromatic heterocycles. The van der Waals surface area contributed by atoms with Crippen LogP contribution in [0.2, 0.25) is 0 Å². The second-order valence-electron chi connectivity index (χ2n) is 9.13. The second kappa shape index (κ2) is 9.71. The Hall–Kier alpha value is -3.36. The number of aryl methyl sites for hydroxylation is 4. The molecular formula is C27H32N4O3S. The third-order valence-electron chi connectivity index (χ3n) is 5.98. The lowest BCUT2D eigenvalue weighted by atomic mass is 10.1. The van der Waals surface area contributed by atoms with E-state index in [9.17, 15) is 8.42 Å². The van der Waals surface area contributed by atoms with Crippen LogP contribution in [0.25, 0.3) is 16.6 Å². The van der Waals surface area contributed by atoms with E-state index in [4.69, 9.17) is 4.74 Å². The number of benzene rings is 3. The van der Waals surface area contributed by atoms with Gasteiger partial charge in [0.05, 0.1) is 29.4 Å². The molecule has 8 heteroatoms. The summed E-state index contributed by atoms with van der Waals surface area (Å²) in [6.45, 7) is 9.95. The molecule has 0 aliphatic carbocycles. The van der Waals surface area contributed by atoms with Crippen molar-refractivity contribution in [2.45, 2.75) is 45.6 Å². The fraction of sp³-hybridized carbons (Fsp3) is 0.296. The average molecular weight is 493 g/mol. The maximum Gasteiger partial charge on any atom is 0.241 e. The lowest BCUT2D eigenvalue weighted by Gasteiger charge is -2.19. The van der Waals surface area contributed by atoms with Crippen LogP contribution in [0.1, 0.15) is 29.2 Å². The Kier molecular flexibility index (Phi) is 6.87. The van der Waals surface area contributed by atoms with Gasteiger partial charge < -0.3 is 10.1 Å². The molecule has 1 heterocycles. The van der Waals surface area contributed by atoms with E-state index in [-0.39, 0.29) is 6.04 Å². The Morgan fingerprint density at radius 1 is 0.971 bits per heavy atom. The van der Waals surface area contributed by atoms with E-state index in [0.29, 0.717) is 11.4 Å². The Balaban J connectivity index is 1.55. The molecule has 0 spiro atoms. The van der Waals surface area contributed by atoms with Gasteiger partial charge in [0.15, 0.2) is 0 Å². The number of nitrogens with one attached hydrogen (secondary N) is 2. The second-order valence-corrected chi connectivity index (χ2v) is 10.8. The average Bonchev–Trinajstić information content (AvgIpc) is 3.20. The molecule has 0 amide bonds. The van der Waals surface area contributed by atoms with Crippen molar-refractivity contribution in [2.24, 2.45) is 0 Å². The molecule has 0 saturated carbocycles. The van der Waals surface area contributed by atoms with Crippen molar-refractivity contribution in [1.82, 2.24) is 14.5 Å². The van der Waals surface area contributed by atoms with Crippen LogP contribution in [0.5, 0.6) is 5.75 Å². The van der Waals surface area contributed by atoms with Gasteiger partial charge in [0.1, 0.15) is 5.75 Å². The molecule has 0 fully saturated rings. The summed E-state index contributed by atoms with van der Waals surface area (Å²) < 4.78 is 36.2. The minimum absolute atomic E-state index is 0.327. The van der Waals surface area contributed by atoms with Crippen LogP contribution in [-0.4, -0.2) is 37.9 Å². The van der Waals surface area contributed by atoms with Gasteiger partial charge in [-0.15, -0.1) is 0 Å². The zero-order chi connectivity index (χ0) is 25.3. The van der Waals surface area contributed by atoms with Crippen molar-refractivity contribution in [3.63, 3.8) is 0 Å². The summed E-state index contributed by atoms with van der Waals surface area (Å²) in [6.07, 6.45) is 1.83. The van der Waals surface area contributed by atoms with Crippen LogP contribution in [-0.2, 0) is 10.0 Å². The van der Waals surface area contributed by atoms with Crippen molar-refractivity contribution in [1.29, 1.82) is 0 Å². The number of rotatable bonds is 8. The SMILES string of the molecule is COc1ccc(-n2ncc3c(NC[C@H](C)NS(=O)(=O)c4c(C)cc(C)cc4C)cc(C)cc32)cc1. The van der Waals surface area contributed by atoms with Gasteiger partial charge in [0, 0.05) is 23.7 Å². The molecule has 2 N–H and O–H groups in total. The summed E-state index contributed by atoms with van der Waals surface area (Å²) in [5, 5.41) is 8.99. The lowest BCUT2D eigenvalue weighted by molar-refractivity contribution is 0.414. The number of fused-ring (bicyclic) bond motifs is 1. The summed E-state index contributed by atoms with van der Waals surface area (Å²) in [6, 6.07) is 15.4. The number of nitrogens with zero attached hydrogens (tertiary/aromatic N) is 2. The van der Waals surface area contributed by atoms with Crippen LogP contribution in [0.4, 0.5) is 5.69 Å². The molecule has 7 nitrogen and oxygen atoms in total. The molecule has 4 aromatic rings. The van der Waals surface area contributed by atoms with Gasteiger partial charge in [0.25, 0.3) is 0 Å². The molecule has 0 aliphatic rings. The van der Waals surface area contributed by atoms with Crippen molar-refractivity contribution in [3.05, 3.63) is 77.0 Å². The molecule has 35 heavy (non-hydrogen) atoms. The number of aromatic nitrogens is 2. The quantitative estimate of drug-likeness (QED) is 0.360. The molecule has 184 valence electrons. The molecule has 0 bridgehead atoms. The Morgan fingerprint density at radius 3 is 2.23 bits per heavy atom. The van der Waals surface area contributed by atoms with Crippen molar-refractivity contribution >= 4 is 26.6 Å². The minimum atomic E-state index is -3.65. The third kappa shape index (κ3) is 5.18. The first-order valence-corrected chi connectivity index (χ1v) is 13.0. The number of anilines is 1. The highest BCUT2D eigenvalue weighted by atomic mass is 32.2. The Labute approximate surface area is 207 Å². The Morgan fingerprint density at radius 2 is 1.60 bits per heavy atom. The molecule has 3 aromatic carbocycles. The predicted molar refractivity (Wildman–Crippen MR) is 141 cm³/mol. The monoisotopic (exact) mass is 492 g/mol. The first kappa shape index (κ1) is 24.8. The highest BCUT2D eigenvalue weighted by molar-refractivity contribution is 7.89. The van der Waals surface area contributed by atoms with Crippen LogP contribution < -0.4 is 14.8 Å². The van der Waals surface area contributed by atoms with Gasteiger partial charge in [-0.25, -0.2) is 17.8 Å². The van der Waals surface area contributed by atoms with Gasteiger partial charge >= 0.3 is 0 Å². The molecule has 0 unspecified atom stereocenters. The molecule has 0 radical (unpaired) electrons. The smallest absolute Gasteiger partial charge is 0.241 e. The first-order chi connectivity index (χ1) is 16.6. The summed E-state index contributed by atoms with van der Waals surface area (Å²) >= 11 is 0. The first-order valence-electron chi connectivity index (χ1n) is 11.6. The highest BCUT2D eigenvalue weighted by Gasteiger charge is 2.22. The van der Waals surface area contributed by atoms with Crippen LogP contribution in [0.3, 0.4) is 0 Å². The van der Waals surface area contributed by atoms with Crippen molar-refractivity contribution < 1.29 is 13.2 Å². The van der Waals surface area contributed by atoms with E-state index in [1.165, 1.54) is 0 Å². The maximum atomic E-state index is 13.1. The van der Waals surface area contributed by atoms with Crippen LogP contribution in [0, 0.1) is 27.7 Å². The maximum absolute atomic E-state index is 13.1. The van der Waals surface area contributed by atoms with Gasteiger partial charge in [0.2, 0.25) is 10.0 Å². The lowest BCUT2D eigenvalue weighted by Crippen LogP contribution is -2.38. The number of hydrogen-bond acceptors (Lipinski definition) is 5. The van der Waals surface area contributed by atoms with Crippen molar-refractivity contribution in [2.75, 3.05) is 19.0 Å². The number of ether oxygens (including phenoxy) is 1. The van der Waals surface area contributed by atoms with Crippen molar-refractivity contribution in [3.8, 4) is 11.4 Å². The van der Waals surface area contributed by atoms with E-state index < -0.39 is 10.0 Å². The van der Waals surface area contributed by atoms with E-state index in [2.05, 4.69) is 27.3 Å². The van der Waals surface area contributed by atoms with E-state index in [0.717, 1.165) is 50.3 Å². The number of methoxy groups -OCH3 is 1. The summed E-state index contributed by atoms with van der Waals surface area (Å²) in [5.74, 6) is 0.788. The van der Waals surface area contributed by atoms with E-state index in [1.54, 1.807) is 7.11 Å². The van der Waals surface area contributed by atoms with E-state index >= 15 is 0 Å². The van der Waals surface area contributed by atoms with Crippen LogP contribution >= 0.6 is 0 Å². The molecule has 0 aliphatic heterocycles. The molecule has 1 atom stereocenters. The minimum Gasteiger partial charge on any atom is -0.497 e. The summed E-state index contributed by atoms with van der Waals surface area (Å²) in [5.41, 5.74) is 6.44. The van der Waals surface area contributed by atoms with Gasteiger partial charge in [-0.2, -0.15) is 5.10 Å².